The Morgan fingerprint density at radius 3 is 2.92 bits per heavy atom. The summed E-state index contributed by atoms with van der Waals surface area (Å²) in [6.07, 6.45) is 2.24. The molecule has 2 rings (SSSR count). The molecule has 1 unspecified atom stereocenters. The molecule has 0 aliphatic carbocycles. The number of aromatic nitrogens is 1. The van der Waals surface area contributed by atoms with Gasteiger partial charge in [0.25, 0.3) is 0 Å². The van der Waals surface area contributed by atoms with E-state index in [0.29, 0.717) is 0 Å². The first-order valence-electron chi connectivity index (χ1n) is 4.89. The van der Waals surface area contributed by atoms with Gasteiger partial charge in [-0.25, -0.2) is 4.98 Å². The summed E-state index contributed by atoms with van der Waals surface area (Å²) in [5, 5.41) is 3.34. The predicted octanol–water partition coefficient (Wildman–Crippen LogP) is 1.44. The molecule has 0 saturated carbocycles. The number of aryl methyl sites for hydroxylation is 2. The Hall–Kier alpha value is -0.830. The lowest BCUT2D eigenvalue weighted by molar-refractivity contribution is 0.428. The highest BCUT2D eigenvalue weighted by molar-refractivity contribution is 5.05. The van der Waals surface area contributed by atoms with Crippen LogP contribution in [0.5, 0.6) is 0 Å². The van der Waals surface area contributed by atoms with E-state index in [1.54, 1.807) is 0 Å². The number of rotatable bonds is 2. The number of nitrogens with zero attached hydrogens (tertiary/aromatic N) is 1. The van der Waals surface area contributed by atoms with Gasteiger partial charge in [-0.15, -0.1) is 0 Å². The fourth-order valence-corrected chi connectivity index (χ4v) is 1.76. The standard InChI is InChI=1S/C10H16N2O/c1-7-8(2)13-10(12-7)5-9-3-4-11-6-9/h9,11H,3-6H2,1-2H3. The lowest BCUT2D eigenvalue weighted by atomic mass is 10.1. The minimum Gasteiger partial charge on any atom is -0.446 e. The molecule has 13 heavy (non-hydrogen) atoms. The smallest absolute Gasteiger partial charge is 0.194 e. The molecule has 72 valence electrons. The maximum absolute atomic E-state index is 5.54. The van der Waals surface area contributed by atoms with Crippen molar-refractivity contribution in [3.8, 4) is 0 Å². The van der Waals surface area contributed by atoms with Crippen LogP contribution in [-0.2, 0) is 6.42 Å². The highest BCUT2D eigenvalue weighted by atomic mass is 16.4. The second-order valence-electron chi connectivity index (χ2n) is 3.81. The largest absolute Gasteiger partial charge is 0.446 e. The summed E-state index contributed by atoms with van der Waals surface area (Å²) in [5.74, 6) is 2.59. The average molecular weight is 180 g/mol. The van der Waals surface area contributed by atoms with Crippen molar-refractivity contribution in [2.75, 3.05) is 13.1 Å². The van der Waals surface area contributed by atoms with Crippen molar-refractivity contribution in [3.63, 3.8) is 0 Å². The zero-order valence-electron chi connectivity index (χ0n) is 8.26. The summed E-state index contributed by atoms with van der Waals surface area (Å²) >= 11 is 0. The molecule has 3 nitrogen and oxygen atoms in total. The van der Waals surface area contributed by atoms with Gasteiger partial charge in [-0.05, 0) is 39.3 Å². The predicted molar refractivity (Wildman–Crippen MR) is 50.7 cm³/mol. The normalized spacial score (nSPS) is 22.5. The zero-order chi connectivity index (χ0) is 9.26. The van der Waals surface area contributed by atoms with Gasteiger partial charge in [0.1, 0.15) is 5.76 Å². The van der Waals surface area contributed by atoms with Gasteiger partial charge in [0.2, 0.25) is 0 Å². The van der Waals surface area contributed by atoms with Crippen molar-refractivity contribution in [2.45, 2.75) is 26.7 Å². The number of nitrogens with one attached hydrogen (secondary N) is 1. The molecule has 2 heterocycles. The fourth-order valence-electron chi connectivity index (χ4n) is 1.76. The molecule has 1 N–H and O–H groups in total. The van der Waals surface area contributed by atoms with Crippen LogP contribution in [0.3, 0.4) is 0 Å². The summed E-state index contributed by atoms with van der Waals surface area (Å²) in [5.41, 5.74) is 1.03. The van der Waals surface area contributed by atoms with E-state index in [9.17, 15) is 0 Å². The van der Waals surface area contributed by atoms with Gasteiger partial charge < -0.3 is 9.73 Å². The molecule has 0 radical (unpaired) electrons. The molecular formula is C10H16N2O. The Morgan fingerprint density at radius 2 is 2.38 bits per heavy atom. The molecular weight excluding hydrogens is 164 g/mol. The molecule has 1 atom stereocenters. The number of hydrogen-bond acceptors (Lipinski definition) is 3. The summed E-state index contributed by atoms with van der Waals surface area (Å²) in [7, 11) is 0. The molecule has 1 aliphatic heterocycles. The van der Waals surface area contributed by atoms with Gasteiger partial charge in [-0.1, -0.05) is 0 Å². The molecule has 1 aromatic rings. The molecule has 1 aromatic heterocycles. The van der Waals surface area contributed by atoms with Crippen LogP contribution < -0.4 is 5.32 Å². The van der Waals surface area contributed by atoms with Crippen molar-refractivity contribution in [3.05, 3.63) is 17.3 Å². The van der Waals surface area contributed by atoms with Gasteiger partial charge in [-0.2, -0.15) is 0 Å². The van der Waals surface area contributed by atoms with E-state index in [0.717, 1.165) is 42.8 Å². The van der Waals surface area contributed by atoms with Crippen LogP contribution in [0.15, 0.2) is 4.42 Å². The minimum atomic E-state index is 0.720. The van der Waals surface area contributed by atoms with Crippen LogP contribution in [0.4, 0.5) is 0 Å². The monoisotopic (exact) mass is 180 g/mol. The minimum absolute atomic E-state index is 0.720. The maximum Gasteiger partial charge on any atom is 0.194 e. The van der Waals surface area contributed by atoms with E-state index in [-0.39, 0.29) is 0 Å². The van der Waals surface area contributed by atoms with E-state index in [2.05, 4.69) is 10.3 Å². The second-order valence-corrected chi connectivity index (χ2v) is 3.81. The Morgan fingerprint density at radius 1 is 1.54 bits per heavy atom. The molecule has 3 heteroatoms. The molecule has 1 saturated heterocycles. The first kappa shape index (κ1) is 8.75. The summed E-state index contributed by atoms with van der Waals surface area (Å²) in [6, 6.07) is 0. The second kappa shape index (κ2) is 3.50. The van der Waals surface area contributed by atoms with E-state index in [4.69, 9.17) is 4.42 Å². The Balaban J connectivity index is 2.00. The van der Waals surface area contributed by atoms with Gasteiger partial charge in [0.05, 0.1) is 5.69 Å². The Kier molecular flexibility index (Phi) is 2.36. The van der Waals surface area contributed by atoms with Crippen molar-refractivity contribution >= 4 is 0 Å². The van der Waals surface area contributed by atoms with E-state index in [1.807, 2.05) is 13.8 Å². The SMILES string of the molecule is Cc1nc(CC2CCNC2)oc1C. The Labute approximate surface area is 78.5 Å². The maximum atomic E-state index is 5.54. The molecule has 1 aliphatic rings. The lowest BCUT2D eigenvalue weighted by Crippen LogP contribution is -2.10. The van der Waals surface area contributed by atoms with Crippen LogP contribution in [-0.4, -0.2) is 18.1 Å². The average Bonchev–Trinajstić information content (AvgIpc) is 2.64. The van der Waals surface area contributed by atoms with Gasteiger partial charge >= 0.3 is 0 Å². The summed E-state index contributed by atoms with van der Waals surface area (Å²) < 4.78 is 5.54. The third-order valence-corrected chi connectivity index (χ3v) is 2.70. The van der Waals surface area contributed by atoms with E-state index in [1.165, 1.54) is 6.42 Å². The van der Waals surface area contributed by atoms with Crippen LogP contribution in [0.25, 0.3) is 0 Å². The van der Waals surface area contributed by atoms with Crippen LogP contribution in [0, 0.1) is 19.8 Å². The third-order valence-electron chi connectivity index (χ3n) is 2.70. The topological polar surface area (TPSA) is 38.1 Å². The molecule has 1 fully saturated rings. The van der Waals surface area contributed by atoms with Gasteiger partial charge in [0, 0.05) is 6.42 Å². The summed E-state index contributed by atoms with van der Waals surface area (Å²) in [4.78, 5) is 4.38. The molecule has 0 bridgehead atoms. The number of oxazole rings is 1. The number of hydrogen-bond donors (Lipinski definition) is 1. The fraction of sp³-hybridized carbons (Fsp3) is 0.700. The Bertz CT molecular complexity index is 268. The van der Waals surface area contributed by atoms with Gasteiger partial charge in [0.15, 0.2) is 5.89 Å². The van der Waals surface area contributed by atoms with Gasteiger partial charge in [-0.3, -0.25) is 0 Å². The van der Waals surface area contributed by atoms with Crippen LogP contribution >= 0.6 is 0 Å². The molecule has 0 aromatic carbocycles. The molecule has 0 spiro atoms. The quantitative estimate of drug-likeness (QED) is 0.748. The lowest BCUT2D eigenvalue weighted by Gasteiger charge is -2.02. The van der Waals surface area contributed by atoms with Crippen molar-refractivity contribution in [2.24, 2.45) is 5.92 Å². The molecule has 0 amide bonds. The zero-order valence-corrected chi connectivity index (χ0v) is 8.26. The van der Waals surface area contributed by atoms with E-state index < -0.39 is 0 Å². The highest BCUT2D eigenvalue weighted by Crippen LogP contribution is 2.16. The van der Waals surface area contributed by atoms with Crippen molar-refractivity contribution < 1.29 is 4.42 Å². The first-order valence-corrected chi connectivity index (χ1v) is 4.89. The van der Waals surface area contributed by atoms with E-state index >= 15 is 0 Å². The van der Waals surface area contributed by atoms with Crippen LogP contribution in [0.2, 0.25) is 0 Å². The highest BCUT2D eigenvalue weighted by Gasteiger charge is 2.17. The third kappa shape index (κ3) is 1.91. The van der Waals surface area contributed by atoms with Crippen molar-refractivity contribution in [1.29, 1.82) is 0 Å². The van der Waals surface area contributed by atoms with Crippen molar-refractivity contribution in [1.82, 2.24) is 10.3 Å². The van der Waals surface area contributed by atoms with Crippen LogP contribution in [0.1, 0.15) is 23.8 Å². The summed E-state index contributed by atoms with van der Waals surface area (Å²) in [6.45, 7) is 6.22. The first-order chi connectivity index (χ1) is 6.25.